The Hall–Kier alpha value is -3.37. The highest BCUT2D eigenvalue weighted by molar-refractivity contribution is 6.07. The van der Waals surface area contributed by atoms with Gasteiger partial charge in [-0.15, -0.1) is 5.10 Å². The monoisotopic (exact) mass is 370 g/mol. The summed E-state index contributed by atoms with van der Waals surface area (Å²) in [5.74, 6) is -0.659. The maximum atomic E-state index is 12.7. The third-order valence-electron chi connectivity index (χ3n) is 5.11. The number of amides is 4. The number of imide groups is 1. The molecular formula is C16H18N8O3. The normalized spacial score (nSPS) is 23.2. The van der Waals surface area contributed by atoms with Crippen molar-refractivity contribution in [1.82, 2.24) is 40.7 Å². The summed E-state index contributed by atoms with van der Waals surface area (Å²) < 4.78 is 1.37. The van der Waals surface area contributed by atoms with E-state index >= 15 is 0 Å². The second-order valence-electron chi connectivity index (χ2n) is 6.59. The zero-order chi connectivity index (χ0) is 18.9. The minimum Gasteiger partial charge on any atom is -0.341 e. The average Bonchev–Trinajstić information content (AvgIpc) is 3.30. The number of likely N-dealkylation sites (tertiary alicyclic amines) is 1. The molecule has 2 fully saturated rings. The Morgan fingerprint density at radius 1 is 1.26 bits per heavy atom. The van der Waals surface area contributed by atoms with E-state index in [2.05, 4.69) is 31.1 Å². The second-order valence-corrected chi connectivity index (χ2v) is 6.59. The fourth-order valence-electron chi connectivity index (χ4n) is 3.79. The molecular weight excluding hydrogens is 352 g/mol. The van der Waals surface area contributed by atoms with Gasteiger partial charge in [0.25, 0.3) is 5.91 Å². The summed E-state index contributed by atoms with van der Waals surface area (Å²) in [6.07, 6.45) is 4.11. The van der Waals surface area contributed by atoms with Crippen LogP contribution in [0, 0.1) is 5.92 Å². The number of pyridine rings is 1. The Balaban J connectivity index is 1.50. The van der Waals surface area contributed by atoms with E-state index < -0.39 is 17.5 Å². The van der Waals surface area contributed by atoms with E-state index in [1.165, 1.54) is 11.0 Å². The van der Waals surface area contributed by atoms with E-state index in [1.807, 2.05) is 0 Å². The number of tetrazole rings is 1. The predicted molar refractivity (Wildman–Crippen MR) is 89.7 cm³/mol. The zero-order valence-corrected chi connectivity index (χ0v) is 14.4. The molecule has 2 aliphatic heterocycles. The summed E-state index contributed by atoms with van der Waals surface area (Å²) in [6, 6.07) is 4.75. The topological polar surface area (TPSA) is 135 Å². The van der Waals surface area contributed by atoms with E-state index in [9.17, 15) is 14.4 Å². The van der Waals surface area contributed by atoms with E-state index in [-0.39, 0.29) is 18.4 Å². The molecule has 2 aromatic rings. The van der Waals surface area contributed by atoms with Crippen LogP contribution in [0.3, 0.4) is 0 Å². The Bertz CT molecular complexity index is 848. The lowest BCUT2D eigenvalue weighted by Crippen LogP contribution is -2.54. The fraction of sp³-hybridized carbons (Fsp3) is 0.438. The molecule has 0 saturated carbocycles. The molecule has 1 atom stereocenters. The lowest BCUT2D eigenvalue weighted by Gasteiger charge is -2.40. The van der Waals surface area contributed by atoms with Crippen molar-refractivity contribution in [2.24, 2.45) is 5.92 Å². The van der Waals surface area contributed by atoms with Gasteiger partial charge < -0.3 is 10.2 Å². The number of carbonyl (C=O) groups is 3. The molecule has 0 radical (unpaired) electrons. The third kappa shape index (κ3) is 3.00. The second kappa shape index (κ2) is 6.74. The number of nitrogens with zero attached hydrogens (tertiary/aromatic N) is 6. The molecule has 27 heavy (non-hydrogen) atoms. The van der Waals surface area contributed by atoms with Crippen LogP contribution >= 0.6 is 0 Å². The quantitative estimate of drug-likeness (QED) is 0.662. The van der Waals surface area contributed by atoms with E-state index in [0.29, 0.717) is 31.6 Å². The molecule has 11 nitrogen and oxygen atoms in total. The molecule has 0 spiro atoms. The van der Waals surface area contributed by atoms with Gasteiger partial charge in [-0.3, -0.25) is 19.9 Å². The van der Waals surface area contributed by atoms with Crippen molar-refractivity contribution in [3.05, 3.63) is 36.4 Å². The summed E-state index contributed by atoms with van der Waals surface area (Å²) in [6.45, 7) is 1.02. The molecule has 2 aliphatic rings. The smallest absolute Gasteiger partial charge is 0.322 e. The molecule has 140 valence electrons. The molecule has 4 heterocycles. The maximum absolute atomic E-state index is 12.7. The molecule has 2 saturated heterocycles. The van der Waals surface area contributed by atoms with Gasteiger partial charge in [-0.25, -0.2) is 9.48 Å². The first-order valence-corrected chi connectivity index (χ1v) is 8.63. The molecule has 0 aliphatic carbocycles. The van der Waals surface area contributed by atoms with Gasteiger partial charge in [0.05, 0.1) is 5.69 Å². The highest BCUT2D eigenvalue weighted by Gasteiger charge is 2.54. The van der Waals surface area contributed by atoms with Crippen LogP contribution < -0.4 is 10.6 Å². The highest BCUT2D eigenvalue weighted by atomic mass is 16.2. The largest absolute Gasteiger partial charge is 0.341 e. The first kappa shape index (κ1) is 17.1. The van der Waals surface area contributed by atoms with Crippen molar-refractivity contribution < 1.29 is 14.4 Å². The van der Waals surface area contributed by atoms with Gasteiger partial charge >= 0.3 is 6.03 Å². The molecule has 2 aromatic heterocycles. The third-order valence-corrected chi connectivity index (χ3v) is 5.11. The van der Waals surface area contributed by atoms with Crippen LogP contribution in [0.25, 0.3) is 0 Å². The lowest BCUT2D eigenvalue weighted by molar-refractivity contribution is -0.134. The summed E-state index contributed by atoms with van der Waals surface area (Å²) >= 11 is 0. The predicted octanol–water partition coefficient (Wildman–Crippen LogP) is -0.958. The average molecular weight is 370 g/mol. The van der Waals surface area contributed by atoms with E-state index in [4.69, 9.17) is 0 Å². The van der Waals surface area contributed by atoms with E-state index in [1.54, 1.807) is 29.3 Å². The minimum atomic E-state index is -1.21. The van der Waals surface area contributed by atoms with Crippen LogP contribution in [0.1, 0.15) is 18.5 Å². The molecule has 0 bridgehead atoms. The lowest BCUT2D eigenvalue weighted by atomic mass is 9.75. The molecule has 4 rings (SSSR count). The first-order chi connectivity index (χ1) is 13.1. The van der Waals surface area contributed by atoms with Crippen molar-refractivity contribution in [1.29, 1.82) is 0 Å². The molecule has 0 unspecified atom stereocenters. The Morgan fingerprint density at radius 2 is 2.07 bits per heavy atom. The van der Waals surface area contributed by atoms with Gasteiger partial charge in [0, 0.05) is 25.2 Å². The number of hydrogen-bond acceptors (Lipinski definition) is 7. The zero-order valence-electron chi connectivity index (χ0n) is 14.4. The van der Waals surface area contributed by atoms with Gasteiger partial charge in [0.2, 0.25) is 5.91 Å². The summed E-state index contributed by atoms with van der Waals surface area (Å²) in [7, 11) is 0. The Morgan fingerprint density at radius 3 is 2.67 bits per heavy atom. The van der Waals surface area contributed by atoms with Crippen LogP contribution in [-0.4, -0.2) is 61.0 Å². The van der Waals surface area contributed by atoms with Gasteiger partial charge in [-0.1, -0.05) is 6.07 Å². The molecule has 0 aromatic carbocycles. The van der Waals surface area contributed by atoms with Gasteiger partial charge in [-0.05, 0) is 35.4 Å². The fourth-order valence-corrected chi connectivity index (χ4v) is 3.79. The maximum Gasteiger partial charge on any atom is 0.322 e. The standard InChI is InChI=1S/C16H18N8O3/c25-13(9-24-10-18-21-22-24)23-7-4-11(5-8-23)16(12-3-1-2-6-17-12)14(26)19-15(27)20-16/h1-3,6,10-11H,4-5,7-9H2,(H2,19,20,26,27)/t16-/m0/s1. The highest BCUT2D eigenvalue weighted by Crippen LogP contribution is 2.38. The number of rotatable bonds is 4. The van der Waals surface area contributed by atoms with Gasteiger partial charge in [0.1, 0.15) is 12.9 Å². The van der Waals surface area contributed by atoms with Crippen LogP contribution in [0.4, 0.5) is 4.79 Å². The number of piperidine rings is 1. The van der Waals surface area contributed by atoms with Crippen molar-refractivity contribution in [3.63, 3.8) is 0 Å². The molecule has 4 amide bonds. The van der Waals surface area contributed by atoms with Crippen molar-refractivity contribution in [3.8, 4) is 0 Å². The molecule has 11 heteroatoms. The first-order valence-electron chi connectivity index (χ1n) is 8.63. The molecule has 2 N–H and O–H groups in total. The van der Waals surface area contributed by atoms with Crippen LogP contribution in [-0.2, 0) is 21.7 Å². The Kier molecular flexibility index (Phi) is 4.26. The number of nitrogens with one attached hydrogen (secondary N) is 2. The van der Waals surface area contributed by atoms with Gasteiger partial charge in [-0.2, -0.15) is 0 Å². The SMILES string of the molecule is O=C1NC(=O)[C@@](c2ccccn2)(C2CCN(C(=O)Cn3cnnn3)CC2)N1. The van der Waals surface area contributed by atoms with Crippen molar-refractivity contribution in [2.45, 2.75) is 24.9 Å². The van der Waals surface area contributed by atoms with Crippen molar-refractivity contribution in [2.75, 3.05) is 13.1 Å². The minimum absolute atomic E-state index is 0.0697. The van der Waals surface area contributed by atoms with Crippen LogP contribution in [0.2, 0.25) is 0 Å². The number of carbonyl (C=O) groups excluding carboxylic acids is 3. The number of urea groups is 1. The number of aromatic nitrogens is 5. The Labute approximate surface area is 154 Å². The summed E-state index contributed by atoms with van der Waals surface area (Å²) in [5, 5.41) is 15.8. The summed E-state index contributed by atoms with van der Waals surface area (Å²) in [4.78, 5) is 43.0. The van der Waals surface area contributed by atoms with Crippen LogP contribution in [0.5, 0.6) is 0 Å². The van der Waals surface area contributed by atoms with Crippen LogP contribution in [0.15, 0.2) is 30.7 Å². The van der Waals surface area contributed by atoms with Gasteiger partial charge in [0.15, 0.2) is 5.54 Å². The number of hydrogen-bond donors (Lipinski definition) is 2. The summed E-state index contributed by atoms with van der Waals surface area (Å²) in [5.41, 5.74) is -0.699. The van der Waals surface area contributed by atoms with E-state index in [0.717, 1.165) is 0 Å². The van der Waals surface area contributed by atoms with Crippen molar-refractivity contribution >= 4 is 17.8 Å².